The van der Waals surface area contributed by atoms with Crippen molar-refractivity contribution in [2.45, 2.75) is 18.4 Å². The zero-order chi connectivity index (χ0) is 10.6. The number of aromatic nitrogens is 1. The maximum atomic E-state index is 11.5. The summed E-state index contributed by atoms with van der Waals surface area (Å²) in [5.74, 6) is 0.0644. The molecule has 0 amide bonds. The van der Waals surface area contributed by atoms with Crippen molar-refractivity contribution in [2.24, 2.45) is 0 Å². The molecule has 1 aromatic rings. The maximum absolute atomic E-state index is 11.5. The lowest BCUT2D eigenvalue weighted by atomic mass is 10.3. The van der Waals surface area contributed by atoms with Crippen LogP contribution in [0, 0.1) is 11.3 Å². The van der Waals surface area contributed by atoms with Gasteiger partial charge in [0.05, 0.1) is 17.4 Å². The van der Waals surface area contributed by atoms with Crippen molar-refractivity contribution in [1.29, 1.82) is 5.26 Å². The van der Waals surface area contributed by atoms with Crippen LogP contribution in [0.1, 0.15) is 18.9 Å². The largest absolute Gasteiger partial charge is 0.245 e. The number of rotatable bonds is 3. The first-order valence-corrected chi connectivity index (χ1v) is 5.84. The summed E-state index contributed by atoms with van der Waals surface area (Å²) in [7, 11) is -3.31. The Balaban J connectivity index is 3.15. The molecule has 0 saturated heterocycles. The van der Waals surface area contributed by atoms with E-state index in [2.05, 4.69) is 4.98 Å². The average molecular weight is 210 g/mol. The first kappa shape index (κ1) is 10.7. The molecule has 0 aliphatic carbocycles. The Morgan fingerprint density at radius 2 is 2.29 bits per heavy atom. The molecule has 5 heteroatoms. The Morgan fingerprint density at radius 1 is 1.57 bits per heavy atom. The van der Waals surface area contributed by atoms with Gasteiger partial charge in [0.2, 0.25) is 0 Å². The van der Waals surface area contributed by atoms with Gasteiger partial charge in [-0.05, 0) is 18.6 Å². The van der Waals surface area contributed by atoms with Gasteiger partial charge >= 0.3 is 0 Å². The minimum atomic E-state index is -3.31. The highest BCUT2D eigenvalue weighted by atomic mass is 32.2. The van der Waals surface area contributed by atoms with Crippen LogP contribution < -0.4 is 0 Å². The molecule has 0 N–H and O–H groups in total. The van der Waals surface area contributed by atoms with Crippen LogP contribution in [0.4, 0.5) is 0 Å². The van der Waals surface area contributed by atoms with E-state index < -0.39 is 9.84 Å². The molecule has 4 nitrogen and oxygen atoms in total. The average Bonchev–Trinajstić information content (AvgIpc) is 2.18. The summed E-state index contributed by atoms with van der Waals surface area (Å²) in [6.45, 7) is 1.78. The summed E-state index contributed by atoms with van der Waals surface area (Å²) in [5.41, 5.74) is 0.315. The number of pyridine rings is 1. The second-order valence-electron chi connectivity index (χ2n) is 2.81. The second kappa shape index (κ2) is 4.20. The summed E-state index contributed by atoms with van der Waals surface area (Å²) in [4.78, 5) is 3.74. The van der Waals surface area contributed by atoms with E-state index in [1.54, 1.807) is 6.92 Å². The Kier molecular flexibility index (Phi) is 3.20. The van der Waals surface area contributed by atoms with Crippen LogP contribution >= 0.6 is 0 Å². The van der Waals surface area contributed by atoms with Gasteiger partial charge in [0.15, 0.2) is 14.9 Å². The number of sulfone groups is 1. The lowest BCUT2D eigenvalue weighted by Gasteiger charge is -2.00. The topological polar surface area (TPSA) is 70.8 Å². The highest BCUT2D eigenvalue weighted by Crippen LogP contribution is 2.10. The fraction of sp³-hybridized carbons (Fsp3) is 0.333. The highest BCUT2D eigenvalue weighted by Gasteiger charge is 2.14. The normalized spacial score (nSPS) is 10.9. The summed E-state index contributed by atoms with van der Waals surface area (Å²) >= 11 is 0. The van der Waals surface area contributed by atoms with Crippen molar-refractivity contribution >= 4 is 9.84 Å². The monoisotopic (exact) mass is 210 g/mol. The molecule has 0 aliphatic heterocycles. The van der Waals surface area contributed by atoms with E-state index in [4.69, 9.17) is 5.26 Å². The van der Waals surface area contributed by atoms with Gasteiger partial charge in [-0.2, -0.15) is 5.26 Å². The third-order valence-corrected chi connectivity index (χ3v) is 3.46. The quantitative estimate of drug-likeness (QED) is 0.750. The molecule has 0 atom stereocenters. The molecule has 1 heterocycles. The molecule has 0 bridgehead atoms. The van der Waals surface area contributed by atoms with E-state index in [1.165, 1.54) is 18.3 Å². The molecule has 0 aliphatic rings. The van der Waals surface area contributed by atoms with E-state index >= 15 is 0 Å². The van der Waals surface area contributed by atoms with E-state index in [0.29, 0.717) is 12.0 Å². The predicted octanol–water partition coefficient (Wildman–Crippen LogP) is 1.14. The van der Waals surface area contributed by atoms with Gasteiger partial charge in [0.1, 0.15) is 0 Å². The van der Waals surface area contributed by atoms with Gasteiger partial charge in [0.25, 0.3) is 0 Å². The van der Waals surface area contributed by atoms with Gasteiger partial charge in [-0.25, -0.2) is 13.4 Å². The summed E-state index contributed by atoms with van der Waals surface area (Å²) in [5, 5.41) is 8.57. The molecular weight excluding hydrogens is 200 g/mol. The number of nitriles is 1. The first-order chi connectivity index (χ1) is 6.60. The summed E-state index contributed by atoms with van der Waals surface area (Å²) in [6, 6.07) is 4.65. The predicted molar refractivity (Wildman–Crippen MR) is 51.3 cm³/mol. The third kappa shape index (κ3) is 2.30. The van der Waals surface area contributed by atoms with Gasteiger partial charge in [-0.15, -0.1) is 0 Å². The smallest absolute Gasteiger partial charge is 0.195 e. The molecule has 0 unspecified atom stereocenters. The lowest BCUT2D eigenvalue weighted by molar-refractivity contribution is 0.591. The fourth-order valence-electron chi connectivity index (χ4n) is 1.02. The van der Waals surface area contributed by atoms with Gasteiger partial charge in [-0.1, -0.05) is 6.92 Å². The fourth-order valence-corrected chi connectivity index (χ4v) is 2.30. The van der Waals surface area contributed by atoms with Gasteiger partial charge in [0, 0.05) is 6.20 Å². The molecular formula is C9H10N2O2S. The minimum Gasteiger partial charge on any atom is -0.245 e. The number of nitrogens with zero attached hydrogens (tertiary/aromatic N) is 2. The zero-order valence-corrected chi connectivity index (χ0v) is 8.58. The minimum absolute atomic E-state index is 0.0154. The Hall–Kier alpha value is -1.41. The van der Waals surface area contributed by atoms with Crippen LogP contribution in [0.5, 0.6) is 0 Å². The van der Waals surface area contributed by atoms with Gasteiger partial charge < -0.3 is 0 Å². The van der Waals surface area contributed by atoms with Crippen molar-refractivity contribution in [1.82, 2.24) is 4.98 Å². The Bertz CT molecular complexity index is 460. The zero-order valence-electron chi connectivity index (χ0n) is 7.77. The van der Waals surface area contributed by atoms with E-state index in [-0.39, 0.29) is 10.8 Å². The Labute approximate surface area is 83.1 Å². The van der Waals surface area contributed by atoms with E-state index in [9.17, 15) is 8.42 Å². The SMILES string of the molecule is CCCS(=O)(=O)c1cc(C#N)ccn1. The van der Waals surface area contributed by atoms with Crippen LogP contribution in [0.3, 0.4) is 0 Å². The van der Waals surface area contributed by atoms with Crippen LogP contribution in [-0.2, 0) is 9.84 Å². The van der Waals surface area contributed by atoms with Crippen LogP contribution in [0.15, 0.2) is 23.4 Å². The summed E-state index contributed by atoms with van der Waals surface area (Å²) < 4.78 is 23.1. The van der Waals surface area contributed by atoms with Crippen molar-refractivity contribution in [3.8, 4) is 6.07 Å². The molecule has 1 aromatic heterocycles. The van der Waals surface area contributed by atoms with E-state index in [1.807, 2.05) is 6.07 Å². The Morgan fingerprint density at radius 3 is 2.86 bits per heavy atom. The van der Waals surface area contributed by atoms with Gasteiger partial charge in [-0.3, -0.25) is 0 Å². The number of hydrogen-bond acceptors (Lipinski definition) is 4. The van der Waals surface area contributed by atoms with E-state index in [0.717, 1.165) is 0 Å². The molecule has 0 spiro atoms. The van der Waals surface area contributed by atoms with Crippen LogP contribution in [-0.4, -0.2) is 19.2 Å². The molecule has 1 rings (SSSR count). The van der Waals surface area contributed by atoms with Crippen LogP contribution in [0.25, 0.3) is 0 Å². The van der Waals surface area contributed by atoms with Crippen molar-refractivity contribution in [2.75, 3.05) is 5.75 Å². The van der Waals surface area contributed by atoms with Crippen LogP contribution in [0.2, 0.25) is 0 Å². The highest BCUT2D eigenvalue weighted by molar-refractivity contribution is 7.91. The molecule has 14 heavy (non-hydrogen) atoms. The first-order valence-electron chi connectivity index (χ1n) is 4.19. The number of hydrogen-bond donors (Lipinski definition) is 0. The molecule has 0 radical (unpaired) electrons. The second-order valence-corrected chi connectivity index (χ2v) is 4.87. The maximum Gasteiger partial charge on any atom is 0.195 e. The summed E-state index contributed by atoms with van der Waals surface area (Å²) in [6.07, 6.45) is 1.88. The molecule has 74 valence electrons. The van der Waals surface area contributed by atoms with Crippen molar-refractivity contribution in [3.63, 3.8) is 0 Å². The standard InChI is InChI=1S/C9H10N2O2S/c1-2-5-14(12,13)9-6-8(7-10)3-4-11-9/h3-4,6H,2,5H2,1H3. The molecule has 0 saturated carbocycles. The molecule has 0 aromatic carbocycles. The lowest BCUT2D eigenvalue weighted by Crippen LogP contribution is -2.07. The van der Waals surface area contributed by atoms with Crippen molar-refractivity contribution in [3.05, 3.63) is 23.9 Å². The molecule has 0 fully saturated rings. The third-order valence-electron chi connectivity index (χ3n) is 1.66. The van der Waals surface area contributed by atoms with Crippen molar-refractivity contribution < 1.29 is 8.42 Å².